The van der Waals surface area contributed by atoms with Gasteiger partial charge in [0.25, 0.3) is 5.91 Å². The minimum Gasteiger partial charge on any atom is -0.493 e. The van der Waals surface area contributed by atoms with Gasteiger partial charge in [-0.2, -0.15) is 13.2 Å². The number of alkyl halides is 3. The van der Waals surface area contributed by atoms with Gasteiger partial charge in [-0.1, -0.05) is 51.2 Å². The molecule has 6 rings (SSSR count). The van der Waals surface area contributed by atoms with Crippen LogP contribution in [0.15, 0.2) is 60.8 Å². The number of halogens is 4. The van der Waals surface area contributed by atoms with Crippen molar-refractivity contribution in [3.63, 3.8) is 0 Å². The number of benzene rings is 2. The number of hydrogen-bond acceptors (Lipinski definition) is 5. The van der Waals surface area contributed by atoms with Crippen molar-refractivity contribution in [3.05, 3.63) is 89.0 Å². The van der Waals surface area contributed by atoms with Crippen LogP contribution in [0, 0.1) is 17.7 Å². The number of ether oxygens (including phenoxy) is 2. The van der Waals surface area contributed by atoms with Gasteiger partial charge in [0, 0.05) is 28.9 Å². The smallest absolute Gasteiger partial charge is 0.398 e. The molecule has 2 atom stereocenters. The lowest BCUT2D eigenvalue weighted by atomic mass is 9.80. The Kier molecular flexibility index (Phi) is 9.72. The molecule has 1 aromatic heterocycles. The van der Waals surface area contributed by atoms with E-state index in [4.69, 9.17) is 15.2 Å². The molecule has 2 saturated carbocycles. The summed E-state index contributed by atoms with van der Waals surface area (Å²) in [5, 5.41) is 2.52. The number of amides is 1. The Morgan fingerprint density at radius 2 is 1.77 bits per heavy atom. The van der Waals surface area contributed by atoms with E-state index < -0.39 is 35.8 Å². The molecule has 10 heteroatoms. The Bertz CT molecular complexity index is 1650. The van der Waals surface area contributed by atoms with Gasteiger partial charge in [0.05, 0.1) is 17.7 Å². The second-order valence-corrected chi connectivity index (χ2v) is 13.9. The highest BCUT2D eigenvalue weighted by molar-refractivity contribution is 5.94. The third kappa shape index (κ3) is 7.47. The average Bonchev–Trinajstić information content (AvgIpc) is 3.86. The highest BCUT2D eigenvalue weighted by Crippen LogP contribution is 2.48. The molecule has 3 aliphatic rings. The monoisotopic (exact) mass is 665 g/mol. The van der Waals surface area contributed by atoms with Crippen molar-refractivity contribution in [2.45, 2.75) is 82.2 Å². The average molecular weight is 666 g/mol. The van der Waals surface area contributed by atoms with Gasteiger partial charge in [-0.15, -0.1) is 0 Å². The molecule has 2 fully saturated rings. The van der Waals surface area contributed by atoms with E-state index in [0.717, 1.165) is 37.7 Å². The number of aromatic nitrogens is 1. The van der Waals surface area contributed by atoms with Crippen LogP contribution in [0.1, 0.15) is 91.4 Å². The van der Waals surface area contributed by atoms with E-state index in [2.05, 4.69) is 16.9 Å². The lowest BCUT2D eigenvalue weighted by molar-refractivity contribution is -0.149. The molecule has 0 radical (unpaired) electrons. The Morgan fingerprint density at radius 1 is 1.06 bits per heavy atom. The van der Waals surface area contributed by atoms with E-state index in [1.54, 1.807) is 19.1 Å². The summed E-state index contributed by atoms with van der Waals surface area (Å²) in [6.07, 6.45) is 5.57. The predicted octanol–water partition coefficient (Wildman–Crippen LogP) is 8.39. The molecule has 3 aromatic rings. The molecule has 0 saturated heterocycles. The van der Waals surface area contributed by atoms with E-state index in [0.29, 0.717) is 35.3 Å². The summed E-state index contributed by atoms with van der Waals surface area (Å²) in [6, 6.07) is 11.8. The molecule has 1 aliphatic heterocycles. The number of carbonyl (C=O) groups excluding carboxylic acids is 1. The standard InChI is InChI=1S/C38H43F4N3O3/c1-23(43)37(2)22-48-35-30(37)19-32(45-34(35)26-13-15-29(39)16-14-26)31(38(40,41)42)20-44-36(46)28-12-11-27(17-24-7-5-3-4-6-8-24)33(18-28)47-21-25-9-10-25/h11-16,18-19,24-25,31H,1,3-10,17,20-22,43H2,2H3,(H,44,46)/t31-,37-/m1/s1. The van der Waals surface area contributed by atoms with Gasteiger partial charge in [-0.05, 0) is 86.1 Å². The van der Waals surface area contributed by atoms with Crippen molar-refractivity contribution in [1.82, 2.24) is 10.3 Å². The summed E-state index contributed by atoms with van der Waals surface area (Å²) in [6.45, 7) is 5.47. The predicted molar refractivity (Wildman–Crippen MR) is 176 cm³/mol. The Morgan fingerprint density at radius 3 is 2.42 bits per heavy atom. The number of nitrogens with two attached hydrogens (primary N) is 1. The number of nitrogens with zero attached hydrogens (tertiary/aromatic N) is 1. The number of rotatable bonds is 11. The van der Waals surface area contributed by atoms with Crippen LogP contribution in [0.25, 0.3) is 11.3 Å². The zero-order valence-electron chi connectivity index (χ0n) is 27.3. The first kappa shape index (κ1) is 33.8. The first-order valence-corrected chi connectivity index (χ1v) is 16.9. The van der Waals surface area contributed by atoms with Crippen molar-refractivity contribution in [1.29, 1.82) is 0 Å². The van der Waals surface area contributed by atoms with E-state index in [-0.39, 0.29) is 35.0 Å². The summed E-state index contributed by atoms with van der Waals surface area (Å²) in [7, 11) is 0. The molecule has 2 aliphatic carbocycles. The van der Waals surface area contributed by atoms with Crippen LogP contribution in [-0.2, 0) is 11.8 Å². The third-order valence-corrected chi connectivity index (χ3v) is 10.1. The quantitative estimate of drug-likeness (QED) is 0.159. The fraction of sp³-hybridized carbons (Fsp3) is 0.474. The van der Waals surface area contributed by atoms with Crippen molar-refractivity contribution < 1.29 is 31.8 Å². The molecule has 0 spiro atoms. The zero-order chi connectivity index (χ0) is 34.1. The van der Waals surface area contributed by atoms with Crippen molar-refractivity contribution in [3.8, 4) is 22.8 Å². The first-order valence-electron chi connectivity index (χ1n) is 16.9. The first-order chi connectivity index (χ1) is 22.9. The van der Waals surface area contributed by atoms with Crippen LogP contribution in [0.5, 0.6) is 11.5 Å². The number of fused-ring (bicyclic) bond motifs is 1. The zero-order valence-corrected chi connectivity index (χ0v) is 27.3. The SMILES string of the molecule is C=C(N)[C@@]1(C)COc2c1cc([C@@H](CNC(=O)c1ccc(CC3CCCCCC3)c(OCC3CC3)c1)C(F)(F)F)nc2-c1ccc(F)cc1. The summed E-state index contributed by atoms with van der Waals surface area (Å²) in [5.74, 6) is -1.33. The van der Waals surface area contributed by atoms with E-state index in [1.807, 2.05) is 6.07 Å². The van der Waals surface area contributed by atoms with Gasteiger partial charge in [0.15, 0.2) is 0 Å². The Labute approximate surface area is 279 Å². The fourth-order valence-corrected chi connectivity index (χ4v) is 6.71. The van der Waals surface area contributed by atoms with Gasteiger partial charge in [0.1, 0.15) is 35.5 Å². The maximum absolute atomic E-state index is 14.8. The Balaban J connectivity index is 1.27. The molecule has 6 nitrogen and oxygen atoms in total. The molecule has 0 unspecified atom stereocenters. The van der Waals surface area contributed by atoms with Crippen molar-refractivity contribution in [2.24, 2.45) is 17.6 Å². The largest absolute Gasteiger partial charge is 0.493 e. The lowest BCUT2D eigenvalue weighted by Gasteiger charge is -2.25. The number of carbonyl (C=O) groups is 1. The van der Waals surface area contributed by atoms with Crippen molar-refractivity contribution >= 4 is 5.91 Å². The summed E-state index contributed by atoms with van der Waals surface area (Å²) in [4.78, 5) is 17.8. The van der Waals surface area contributed by atoms with Crippen LogP contribution >= 0.6 is 0 Å². The van der Waals surface area contributed by atoms with Gasteiger partial charge < -0.3 is 20.5 Å². The summed E-state index contributed by atoms with van der Waals surface area (Å²) < 4.78 is 70.2. The normalized spacial score (nSPS) is 20.4. The minimum absolute atomic E-state index is 0.0618. The summed E-state index contributed by atoms with van der Waals surface area (Å²) >= 11 is 0. The molecule has 2 aromatic carbocycles. The van der Waals surface area contributed by atoms with E-state index in [9.17, 15) is 22.4 Å². The number of hydrogen-bond donors (Lipinski definition) is 2. The van der Waals surface area contributed by atoms with Crippen LogP contribution in [0.4, 0.5) is 17.6 Å². The van der Waals surface area contributed by atoms with Gasteiger partial charge in [0.2, 0.25) is 0 Å². The fourth-order valence-electron chi connectivity index (χ4n) is 6.71. The molecular weight excluding hydrogens is 622 g/mol. The topological polar surface area (TPSA) is 86.5 Å². The van der Waals surface area contributed by atoms with Gasteiger partial charge in [-0.25, -0.2) is 9.37 Å². The molecule has 256 valence electrons. The minimum atomic E-state index is -4.76. The highest BCUT2D eigenvalue weighted by atomic mass is 19.4. The number of pyridine rings is 1. The summed E-state index contributed by atoms with van der Waals surface area (Å²) in [5.41, 5.74) is 7.25. The van der Waals surface area contributed by atoms with Crippen LogP contribution < -0.4 is 20.5 Å². The second-order valence-electron chi connectivity index (χ2n) is 13.9. The second kappa shape index (κ2) is 13.8. The molecule has 0 bridgehead atoms. The highest BCUT2D eigenvalue weighted by Gasteiger charge is 2.46. The molecule has 1 amide bonds. The van der Waals surface area contributed by atoms with Crippen molar-refractivity contribution in [2.75, 3.05) is 19.8 Å². The van der Waals surface area contributed by atoms with Crippen LogP contribution in [0.3, 0.4) is 0 Å². The lowest BCUT2D eigenvalue weighted by Crippen LogP contribution is -2.36. The third-order valence-electron chi connectivity index (χ3n) is 10.1. The maximum Gasteiger partial charge on any atom is 0.398 e. The molecule has 48 heavy (non-hydrogen) atoms. The van der Waals surface area contributed by atoms with Crippen LogP contribution in [0.2, 0.25) is 0 Å². The molecule has 2 heterocycles. The molecular formula is C38H43F4N3O3. The van der Waals surface area contributed by atoms with E-state index in [1.165, 1.54) is 56.0 Å². The van der Waals surface area contributed by atoms with Gasteiger partial charge >= 0.3 is 6.18 Å². The number of nitrogens with one attached hydrogen (secondary N) is 1. The Hall–Kier alpha value is -4.08. The van der Waals surface area contributed by atoms with Gasteiger partial charge in [-0.3, -0.25) is 4.79 Å². The maximum atomic E-state index is 14.8. The van der Waals surface area contributed by atoms with E-state index >= 15 is 0 Å². The molecule has 3 N–H and O–H groups in total. The van der Waals surface area contributed by atoms with Crippen LogP contribution in [-0.4, -0.2) is 36.8 Å².